The summed E-state index contributed by atoms with van der Waals surface area (Å²) in [6.07, 6.45) is 3.63. The molecule has 4 nitrogen and oxygen atoms in total. The van der Waals surface area contributed by atoms with Crippen LogP contribution >= 0.6 is 0 Å². The number of carbonyl (C=O) groups excluding carboxylic acids is 1. The Morgan fingerprint density at radius 3 is 2.33 bits per heavy atom. The Morgan fingerprint density at radius 1 is 1.06 bits per heavy atom. The fourth-order valence-electron chi connectivity index (χ4n) is 3.01. The normalized spacial score (nSPS) is 27.4. The van der Waals surface area contributed by atoms with Crippen LogP contribution in [-0.4, -0.2) is 72.5 Å². The molecular formula is C14H27N3O. The third kappa shape index (κ3) is 3.45. The van der Waals surface area contributed by atoms with Crippen molar-refractivity contribution < 1.29 is 4.79 Å². The summed E-state index contributed by atoms with van der Waals surface area (Å²) in [5.74, 6) is 0.340. The van der Waals surface area contributed by atoms with Crippen molar-refractivity contribution in [2.75, 3.05) is 45.8 Å². The average Bonchev–Trinajstić information content (AvgIpc) is 2.40. The average molecular weight is 253 g/mol. The van der Waals surface area contributed by atoms with Gasteiger partial charge in [-0.15, -0.1) is 0 Å². The molecule has 0 aromatic rings. The lowest BCUT2D eigenvalue weighted by molar-refractivity contribution is -0.136. The van der Waals surface area contributed by atoms with Gasteiger partial charge in [-0.25, -0.2) is 0 Å². The quantitative estimate of drug-likeness (QED) is 0.751. The molecule has 2 rings (SSSR count). The van der Waals surface area contributed by atoms with Crippen LogP contribution in [0.15, 0.2) is 0 Å². The van der Waals surface area contributed by atoms with E-state index in [-0.39, 0.29) is 0 Å². The third-order valence-electron chi connectivity index (χ3n) is 4.39. The molecule has 4 heteroatoms. The molecule has 0 aromatic heterocycles. The molecule has 0 N–H and O–H groups in total. The molecule has 2 heterocycles. The van der Waals surface area contributed by atoms with E-state index < -0.39 is 0 Å². The number of likely N-dealkylation sites (tertiary alicyclic amines) is 1. The van der Waals surface area contributed by atoms with Crippen LogP contribution in [0.5, 0.6) is 0 Å². The highest BCUT2D eigenvalue weighted by Crippen LogP contribution is 2.16. The molecule has 1 atom stereocenters. The highest BCUT2D eigenvalue weighted by molar-refractivity contribution is 5.78. The van der Waals surface area contributed by atoms with E-state index in [1.807, 2.05) is 0 Å². The number of amides is 1. The van der Waals surface area contributed by atoms with E-state index >= 15 is 0 Å². The zero-order valence-corrected chi connectivity index (χ0v) is 11.9. The fraction of sp³-hybridized carbons (Fsp3) is 0.929. The van der Waals surface area contributed by atoms with E-state index in [2.05, 4.69) is 28.5 Å². The first kappa shape index (κ1) is 13.8. The van der Waals surface area contributed by atoms with Crippen LogP contribution in [0.1, 0.15) is 33.1 Å². The molecule has 1 unspecified atom stereocenters. The van der Waals surface area contributed by atoms with Gasteiger partial charge in [-0.1, -0.05) is 6.92 Å². The van der Waals surface area contributed by atoms with Gasteiger partial charge in [0.05, 0.1) is 6.54 Å². The lowest BCUT2D eigenvalue weighted by atomic mass is 10.0. The Labute approximate surface area is 111 Å². The van der Waals surface area contributed by atoms with E-state index in [1.54, 1.807) is 0 Å². The summed E-state index contributed by atoms with van der Waals surface area (Å²) in [5, 5.41) is 0. The molecule has 0 spiro atoms. The zero-order chi connectivity index (χ0) is 13.0. The number of piperidine rings is 1. The third-order valence-corrected chi connectivity index (χ3v) is 4.39. The number of piperazine rings is 1. The standard InChI is InChI=1S/C14H27N3O/c1-3-15-8-10-16(11-9-15)12-14(18)17-7-5-4-6-13(17)2/h13H,3-12H2,1-2H3. The van der Waals surface area contributed by atoms with Gasteiger partial charge in [-0.2, -0.15) is 0 Å². The SMILES string of the molecule is CCN1CCN(CC(=O)N2CCCCC2C)CC1. The number of hydrogen-bond donors (Lipinski definition) is 0. The minimum Gasteiger partial charge on any atom is -0.339 e. The maximum atomic E-state index is 12.3. The summed E-state index contributed by atoms with van der Waals surface area (Å²) >= 11 is 0. The number of hydrogen-bond acceptors (Lipinski definition) is 3. The van der Waals surface area contributed by atoms with E-state index in [0.717, 1.165) is 39.3 Å². The first-order valence-electron chi connectivity index (χ1n) is 7.45. The van der Waals surface area contributed by atoms with E-state index in [1.165, 1.54) is 19.3 Å². The molecule has 0 radical (unpaired) electrons. The summed E-state index contributed by atoms with van der Waals surface area (Å²) in [5.41, 5.74) is 0. The van der Waals surface area contributed by atoms with Crippen LogP contribution < -0.4 is 0 Å². The van der Waals surface area contributed by atoms with Gasteiger partial charge in [0, 0.05) is 38.8 Å². The summed E-state index contributed by atoms with van der Waals surface area (Å²) in [7, 11) is 0. The van der Waals surface area contributed by atoms with Crippen molar-refractivity contribution in [3.05, 3.63) is 0 Å². The fourth-order valence-corrected chi connectivity index (χ4v) is 3.01. The second kappa shape index (κ2) is 6.53. The molecule has 0 aromatic carbocycles. The number of rotatable bonds is 3. The van der Waals surface area contributed by atoms with Crippen molar-refractivity contribution in [2.24, 2.45) is 0 Å². The Kier molecular flexibility index (Phi) is 5.01. The van der Waals surface area contributed by atoms with Crippen LogP contribution in [0, 0.1) is 0 Å². The second-order valence-corrected chi connectivity index (χ2v) is 5.64. The van der Waals surface area contributed by atoms with Crippen molar-refractivity contribution in [3.8, 4) is 0 Å². The molecule has 0 saturated carbocycles. The molecular weight excluding hydrogens is 226 g/mol. The van der Waals surface area contributed by atoms with Gasteiger partial charge in [0.1, 0.15) is 0 Å². The molecule has 2 saturated heterocycles. The summed E-state index contributed by atoms with van der Waals surface area (Å²) in [6.45, 7) is 11.4. The minimum absolute atomic E-state index is 0.340. The van der Waals surface area contributed by atoms with Gasteiger partial charge < -0.3 is 9.80 Å². The monoisotopic (exact) mass is 253 g/mol. The molecule has 2 aliphatic rings. The Hall–Kier alpha value is -0.610. The highest BCUT2D eigenvalue weighted by atomic mass is 16.2. The number of likely N-dealkylation sites (N-methyl/N-ethyl adjacent to an activating group) is 1. The lowest BCUT2D eigenvalue weighted by Gasteiger charge is -2.37. The maximum Gasteiger partial charge on any atom is 0.236 e. The van der Waals surface area contributed by atoms with E-state index in [9.17, 15) is 4.79 Å². The van der Waals surface area contributed by atoms with Gasteiger partial charge >= 0.3 is 0 Å². The van der Waals surface area contributed by atoms with Crippen LogP contribution in [0.2, 0.25) is 0 Å². The van der Waals surface area contributed by atoms with Crippen LogP contribution in [0.4, 0.5) is 0 Å². The lowest BCUT2D eigenvalue weighted by Crippen LogP contribution is -2.51. The van der Waals surface area contributed by atoms with Crippen molar-refractivity contribution in [1.29, 1.82) is 0 Å². The predicted octanol–water partition coefficient (Wildman–Crippen LogP) is 1.02. The zero-order valence-electron chi connectivity index (χ0n) is 11.9. The Balaban J connectivity index is 1.77. The first-order chi connectivity index (χ1) is 8.70. The Morgan fingerprint density at radius 2 is 1.72 bits per heavy atom. The summed E-state index contributed by atoms with van der Waals surface area (Å²) < 4.78 is 0. The smallest absolute Gasteiger partial charge is 0.236 e. The molecule has 2 fully saturated rings. The van der Waals surface area contributed by atoms with Crippen LogP contribution in [-0.2, 0) is 4.79 Å². The molecule has 0 bridgehead atoms. The molecule has 18 heavy (non-hydrogen) atoms. The Bertz CT molecular complexity index is 274. The van der Waals surface area contributed by atoms with E-state index in [4.69, 9.17) is 0 Å². The van der Waals surface area contributed by atoms with Crippen molar-refractivity contribution in [2.45, 2.75) is 39.2 Å². The van der Waals surface area contributed by atoms with Gasteiger partial charge in [-0.05, 0) is 32.7 Å². The number of carbonyl (C=O) groups is 1. The molecule has 1 amide bonds. The summed E-state index contributed by atoms with van der Waals surface area (Å²) in [6, 6.07) is 0.447. The molecule has 104 valence electrons. The molecule has 0 aliphatic carbocycles. The van der Waals surface area contributed by atoms with Crippen LogP contribution in [0.3, 0.4) is 0 Å². The maximum absolute atomic E-state index is 12.3. The van der Waals surface area contributed by atoms with Crippen LogP contribution in [0.25, 0.3) is 0 Å². The van der Waals surface area contributed by atoms with Crippen molar-refractivity contribution in [1.82, 2.24) is 14.7 Å². The largest absolute Gasteiger partial charge is 0.339 e. The van der Waals surface area contributed by atoms with Gasteiger partial charge in [0.2, 0.25) is 5.91 Å². The minimum atomic E-state index is 0.340. The summed E-state index contributed by atoms with van der Waals surface area (Å²) in [4.78, 5) is 19.2. The van der Waals surface area contributed by atoms with E-state index in [0.29, 0.717) is 18.5 Å². The van der Waals surface area contributed by atoms with Gasteiger partial charge in [0.15, 0.2) is 0 Å². The van der Waals surface area contributed by atoms with Crippen molar-refractivity contribution in [3.63, 3.8) is 0 Å². The highest BCUT2D eigenvalue weighted by Gasteiger charge is 2.25. The van der Waals surface area contributed by atoms with Crippen molar-refractivity contribution >= 4 is 5.91 Å². The number of nitrogens with zero attached hydrogens (tertiary/aromatic N) is 3. The topological polar surface area (TPSA) is 26.8 Å². The van der Waals surface area contributed by atoms with Gasteiger partial charge in [-0.3, -0.25) is 9.69 Å². The second-order valence-electron chi connectivity index (χ2n) is 5.64. The predicted molar refractivity (Wildman–Crippen MR) is 73.6 cm³/mol. The van der Waals surface area contributed by atoms with Gasteiger partial charge in [0.25, 0.3) is 0 Å². The molecule has 2 aliphatic heterocycles. The first-order valence-corrected chi connectivity index (χ1v) is 7.45.